The van der Waals surface area contributed by atoms with Crippen LogP contribution in [-0.4, -0.2) is 36.1 Å². The zero-order chi connectivity index (χ0) is 14.4. The molecular formula is C15H25N3S. The Hall–Kier alpha value is -1.13. The van der Waals surface area contributed by atoms with E-state index in [0.29, 0.717) is 11.0 Å². The van der Waals surface area contributed by atoms with Crippen molar-refractivity contribution in [3.63, 3.8) is 0 Å². The highest BCUT2D eigenvalue weighted by molar-refractivity contribution is 7.80. The quantitative estimate of drug-likeness (QED) is 0.595. The fourth-order valence-electron chi connectivity index (χ4n) is 1.91. The standard InChI is InChI=1S/C15H25N3S/c1-11(2)18(4)10-6-9-17-14-12(3)7-5-8-13(14)15(16)19/h5,7-8,11,17H,6,9-10H2,1-4H3,(H2,16,19). The minimum atomic E-state index is 0.450. The van der Waals surface area contributed by atoms with Gasteiger partial charge in [-0.25, -0.2) is 0 Å². The van der Waals surface area contributed by atoms with E-state index in [2.05, 4.69) is 44.1 Å². The largest absolute Gasteiger partial charge is 0.389 e. The van der Waals surface area contributed by atoms with Crippen LogP contribution in [-0.2, 0) is 0 Å². The van der Waals surface area contributed by atoms with Crippen LogP contribution in [0.2, 0.25) is 0 Å². The molecule has 1 rings (SSSR count). The lowest BCUT2D eigenvalue weighted by molar-refractivity contribution is 0.273. The van der Waals surface area contributed by atoms with Crippen LogP contribution in [0, 0.1) is 6.92 Å². The second-order valence-corrected chi connectivity index (χ2v) is 5.66. The molecule has 0 spiro atoms. The summed E-state index contributed by atoms with van der Waals surface area (Å²) in [4.78, 5) is 2.79. The minimum Gasteiger partial charge on any atom is -0.389 e. The average molecular weight is 279 g/mol. The van der Waals surface area contributed by atoms with Crippen molar-refractivity contribution in [1.29, 1.82) is 0 Å². The number of para-hydroxylation sites is 1. The summed E-state index contributed by atoms with van der Waals surface area (Å²) in [7, 11) is 2.15. The summed E-state index contributed by atoms with van der Waals surface area (Å²) in [6.07, 6.45) is 1.10. The normalized spacial score (nSPS) is 11.1. The van der Waals surface area contributed by atoms with Crippen molar-refractivity contribution in [2.24, 2.45) is 5.73 Å². The highest BCUT2D eigenvalue weighted by Crippen LogP contribution is 2.20. The number of nitrogens with zero attached hydrogens (tertiary/aromatic N) is 1. The molecule has 3 nitrogen and oxygen atoms in total. The van der Waals surface area contributed by atoms with E-state index in [1.807, 2.05) is 12.1 Å². The molecule has 0 amide bonds. The Balaban J connectivity index is 2.56. The molecular weight excluding hydrogens is 254 g/mol. The van der Waals surface area contributed by atoms with Crippen molar-refractivity contribution in [3.8, 4) is 0 Å². The molecule has 0 aliphatic carbocycles. The van der Waals surface area contributed by atoms with Crippen molar-refractivity contribution in [1.82, 2.24) is 4.90 Å². The molecule has 0 fully saturated rings. The average Bonchev–Trinajstić information content (AvgIpc) is 2.35. The number of thiocarbonyl (C=S) groups is 1. The van der Waals surface area contributed by atoms with Gasteiger partial charge in [-0.3, -0.25) is 0 Å². The van der Waals surface area contributed by atoms with E-state index in [-0.39, 0.29) is 0 Å². The monoisotopic (exact) mass is 279 g/mol. The van der Waals surface area contributed by atoms with Crippen LogP contribution in [0.1, 0.15) is 31.4 Å². The Morgan fingerprint density at radius 3 is 2.68 bits per heavy atom. The van der Waals surface area contributed by atoms with Crippen LogP contribution >= 0.6 is 12.2 Å². The predicted octanol–water partition coefficient (Wildman–Crippen LogP) is 2.77. The lowest BCUT2D eigenvalue weighted by Gasteiger charge is -2.21. The van der Waals surface area contributed by atoms with E-state index in [4.69, 9.17) is 18.0 Å². The van der Waals surface area contributed by atoms with Gasteiger partial charge in [-0.2, -0.15) is 0 Å². The molecule has 19 heavy (non-hydrogen) atoms. The van der Waals surface area contributed by atoms with Gasteiger partial charge in [0, 0.05) is 23.8 Å². The molecule has 106 valence electrons. The van der Waals surface area contributed by atoms with Crippen LogP contribution in [0.15, 0.2) is 18.2 Å². The van der Waals surface area contributed by atoms with Crippen LogP contribution in [0.4, 0.5) is 5.69 Å². The molecule has 0 aromatic heterocycles. The summed E-state index contributed by atoms with van der Waals surface area (Å²) in [5.41, 5.74) is 8.95. The van der Waals surface area contributed by atoms with Gasteiger partial charge in [0.1, 0.15) is 4.99 Å². The third kappa shape index (κ3) is 4.80. The Bertz CT molecular complexity index is 429. The van der Waals surface area contributed by atoms with Crippen molar-refractivity contribution in [2.45, 2.75) is 33.2 Å². The first-order valence-electron chi connectivity index (χ1n) is 6.77. The summed E-state index contributed by atoms with van der Waals surface area (Å²) >= 11 is 5.09. The summed E-state index contributed by atoms with van der Waals surface area (Å²) < 4.78 is 0. The molecule has 0 aliphatic heterocycles. The van der Waals surface area contributed by atoms with Crippen molar-refractivity contribution < 1.29 is 0 Å². The fourth-order valence-corrected chi connectivity index (χ4v) is 2.08. The second-order valence-electron chi connectivity index (χ2n) is 5.22. The van der Waals surface area contributed by atoms with Gasteiger partial charge < -0.3 is 16.0 Å². The zero-order valence-corrected chi connectivity index (χ0v) is 13.2. The van der Waals surface area contributed by atoms with E-state index < -0.39 is 0 Å². The minimum absolute atomic E-state index is 0.450. The number of anilines is 1. The van der Waals surface area contributed by atoms with Gasteiger partial charge in [-0.05, 0) is 52.4 Å². The van der Waals surface area contributed by atoms with Gasteiger partial charge in [0.05, 0.1) is 0 Å². The molecule has 0 aliphatic rings. The van der Waals surface area contributed by atoms with E-state index in [1.54, 1.807) is 0 Å². The number of nitrogens with two attached hydrogens (primary N) is 1. The number of rotatable bonds is 7. The van der Waals surface area contributed by atoms with E-state index >= 15 is 0 Å². The number of hydrogen-bond acceptors (Lipinski definition) is 3. The topological polar surface area (TPSA) is 41.3 Å². The van der Waals surface area contributed by atoms with E-state index in [0.717, 1.165) is 30.8 Å². The van der Waals surface area contributed by atoms with Crippen LogP contribution in [0.5, 0.6) is 0 Å². The number of hydrogen-bond donors (Lipinski definition) is 2. The number of nitrogens with one attached hydrogen (secondary N) is 1. The van der Waals surface area contributed by atoms with Crippen molar-refractivity contribution >= 4 is 22.9 Å². The van der Waals surface area contributed by atoms with Gasteiger partial charge in [0.25, 0.3) is 0 Å². The molecule has 4 heteroatoms. The molecule has 0 saturated carbocycles. The van der Waals surface area contributed by atoms with Crippen molar-refractivity contribution in [2.75, 3.05) is 25.5 Å². The van der Waals surface area contributed by atoms with E-state index in [1.165, 1.54) is 5.56 Å². The Morgan fingerprint density at radius 1 is 1.42 bits per heavy atom. The first-order valence-corrected chi connectivity index (χ1v) is 7.17. The second kappa shape index (κ2) is 7.46. The molecule has 0 unspecified atom stereocenters. The first kappa shape index (κ1) is 15.9. The fraction of sp³-hybridized carbons (Fsp3) is 0.533. The molecule has 0 saturated heterocycles. The lowest BCUT2D eigenvalue weighted by Crippen LogP contribution is -2.28. The summed E-state index contributed by atoms with van der Waals surface area (Å²) in [6, 6.07) is 6.62. The van der Waals surface area contributed by atoms with Gasteiger partial charge >= 0.3 is 0 Å². The molecule has 0 atom stereocenters. The maximum Gasteiger partial charge on any atom is 0.106 e. The molecule has 1 aromatic rings. The van der Waals surface area contributed by atoms with Gasteiger partial charge in [-0.15, -0.1) is 0 Å². The molecule has 0 heterocycles. The molecule has 0 radical (unpaired) electrons. The van der Waals surface area contributed by atoms with Crippen LogP contribution < -0.4 is 11.1 Å². The molecule has 1 aromatic carbocycles. The lowest BCUT2D eigenvalue weighted by atomic mass is 10.1. The van der Waals surface area contributed by atoms with Crippen LogP contribution in [0.3, 0.4) is 0 Å². The highest BCUT2D eigenvalue weighted by Gasteiger charge is 2.07. The Kier molecular flexibility index (Phi) is 6.25. The molecule has 0 bridgehead atoms. The smallest absolute Gasteiger partial charge is 0.106 e. The molecule has 3 N–H and O–H groups in total. The van der Waals surface area contributed by atoms with Gasteiger partial charge in [0.2, 0.25) is 0 Å². The van der Waals surface area contributed by atoms with Gasteiger partial charge in [-0.1, -0.05) is 24.4 Å². The predicted molar refractivity (Wildman–Crippen MR) is 87.9 cm³/mol. The Labute approximate surface area is 122 Å². The Morgan fingerprint density at radius 2 is 2.11 bits per heavy atom. The summed E-state index contributed by atoms with van der Waals surface area (Å²) in [6.45, 7) is 8.50. The summed E-state index contributed by atoms with van der Waals surface area (Å²) in [5, 5.41) is 3.46. The van der Waals surface area contributed by atoms with Gasteiger partial charge in [0.15, 0.2) is 0 Å². The zero-order valence-electron chi connectivity index (χ0n) is 12.4. The summed E-state index contributed by atoms with van der Waals surface area (Å²) in [5.74, 6) is 0. The third-order valence-electron chi connectivity index (χ3n) is 3.41. The third-order valence-corrected chi connectivity index (χ3v) is 3.63. The maximum absolute atomic E-state index is 5.76. The van der Waals surface area contributed by atoms with Crippen LogP contribution in [0.25, 0.3) is 0 Å². The van der Waals surface area contributed by atoms with E-state index in [9.17, 15) is 0 Å². The highest BCUT2D eigenvalue weighted by atomic mass is 32.1. The van der Waals surface area contributed by atoms with Crippen molar-refractivity contribution in [3.05, 3.63) is 29.3 Å². The number of benzene rings is 1. The SMILES string of the molecule is Cc1cccc(C(N)=S)c1NCCCN(C)C(C)C. The number of aryl methyl sites for hydroxylation is 1. The first-order chi connectivity index (χ1) is 8.93. The maximum atomic E-state index is 5.76.